The first-order valence-corrected chi connectivity index (χ1v) is 7.58. The van der Waals surface area contributed by atoms with Gasteiger partial charge in [0.05, 0.1) is 0 Å². The van der Waals surface area contributed by atoms with Crippen molar-refractivity contribution in [3.8, 4) is 0 Å². The molecule has 18 heavy (non-hydrogen) atoms. The third kappa shape index (κ3) is 4.45. The molecule has 0 saturated carbocycles. The Labute approximate surface area is 128 Å². The van der Waals surface area contributed by atoms with Crippen molar-refractivity contribution in [1.29, 1.82) is 0 Å². The molecule has 0 aromatic heterocycles. The average Bonchev–Trinajstić information content (AvgIpc) is 2.13. The van der Waals surface area contributed by atoms with Crippen molar-refractivity contribution in [2.45, 2.75) is 58.6 Å². The monoisotopic (exact) mass is 302 g/mol. The minimum atomic E-state index is -2.08. The van der Waals surface area contributed by atoms with Gasteiger partial charge in [0.2, 0.25) is 0 Å². The standard InChI is InChI=1S/C13H21O2S2.Al.2H/c1-9-6-5-7-13(3,4)12(9)11(17(14)15)8-10(2)16;;;/h11H,5-8H2,1-4H3;;;/q-1;+1;;. The number of hydrogen-bond acceptors (Lipinski definition) is 4. The Bertz CT molecular complexity index is 415. The van der Waals surface area contributed by atoms with E-state index >= 15 is 0 Å². The van der Waals surface area contributed by atoms with Gasteiger partial charge in [0.25, 0.3) is 0 Å². The van der Waals surface area contributed by atoms with Gasteiger partial charge in [-0.25, -0.2) is 0 Å². The molecule has 0 heterocycles. The summed E-state index contributed by atoms with van der Waals surface area (Å²) in [5.74, 6) is 0. The molecule has 0 amide bonds. The summed E-state index contributed by atoms with van der Waals surface area (Å²) in [6.45, 7) is 8.17. The normalized spacial score (nSPS) is 20.5. The first kappa shape index (κ1) is 18.3. The molecule has 0 aromatic rings. The van der Waals surface area contributed by atoms with Crippen molar-refractivity contribution in [2.24, 2.45) is 5.41 Å². The van der Waals surface area contributed by atoms with Gasteiger partial charge in [0.1, 0.15) is 0 Å². The molecular weight excluding hydrogens is 279 g/mol. The summed E-state index contributed by atoms with van der Waals surface area (Å²) in [6, 6.07) is 0. The predicted molar refractivity (Wildman–Crippen MR) is 84.3 cm³/mol. The summed E-state index contributed by atoms with van der Waals surface area (Å²) < 4.78 is 22.9. The molecule has 0 fully saturated rings. The van der Waals surface area contributed by atoms with Crippen LogP contribution in [0.15, 0.2) is 11.1 Å². The first-order valence-electron chi connectivity index (χ1n) is 6.03. The van der Waals surface area contributed by atoms with E-state index in [0.29, 0.717) is 6.42 Å². The fourth-order valence-corrected chi connectivity index (χ4v) is 4.25. The van der Waals surface area contributed by atoms with Gasteiger partial charge in [0.15, 0.2) is 0 Å². The maximum absolute atomic E-state index is 11.5. The zero-order chi connectivity index (χ0) is 13.2. The molecule has 0 radical (unpaired) electrons. The summed E-state index contributed by atoms with van der Waals surface area (Å²) in [7, 11) is -2.08. The van der Waals surface area contributed by atoms with E-state index in [1.54, 1.807) is 0 Å². The van der Waals surface area contributed by atoms with Gasteiger partial charge < -0.3 is 8.42 Å². The van der Waals surface area contributed by atoms with Crippen LogP contribution >= 0.6 is 12.2 Å². The van der Waals surface area contributed by atoms with E-state index in [4.69, 9.17) is 12.2 Å². The Kier molecular flexibility index (Phi) is 7.31. The van der Waals surface area contributed by atoms with E-state index in [1.807, 2.05) is 6.92 Å². The number of thiocarbonyl (C=S) groups is 1. The molecule has 102 valence electrons. The van der Waals surface area contributed by atoms with Crippen LogP contribution in [0.25, 0.3) is 0 Å². The van der Waals surface area contributed by atoms with Crippen molar-refractivity contribution >= 4 is 45.1 Å². The summed E-state index contributed by atoms with van der Waals surface area (Å²) in [4.78, 5) is 0.765. The van der Waals surface area contributed by atoms with Gasteiger partial charge in [-0.3, -0.25) is 0 Å². The second kappa shape index (κ2) is 7.19. The van der Waals surface area contributed by atoms with Crippen LogP contribution in [0.5, 0.6) is 0 Å². The van der Waals surface area contributed by atoms with E-state index in [-0.39, 0.29) is 22.8 Å². The summed E-state index contributed by atoms with van der Waals surface area (Å²) in [6.07, 6.45) is 3.70. The Morgan fingerprint density at radius 3 is 2.39 bits per heavy atom. The van der Waals surface area contributed by atoms with Crippen molar-refractivity contribution < 1.29 is 8.42 Å². The third-order valence-corrected chi connectivity index (χ3v) is 4.60. The number of allylic oxidation sites excluding steroid dienone is 1. The Hall–Kier alpha value is 0.312. The summed E-state index contributed by atoms with van der Waals surface area (Å²) in [5, 5.41) is -0.428. The molecule has 1 aliphatic rings. The van der Waals surface area contributed by atoms with Crippen molar-refractivity contribution in [2.75, 3.05) is 0 Å². The molecule has 0 aliphatic heterocycles. The quantitative estimate of drug-likeness (QED) is 0.346. The summed E-state index contributed by atoms with van der Waals surface area (Å²) in [5.41, 5.74) is 2.32. The predicted octanol–water partition coefficient (Wildman–Crippen LogP) is 3.05. The van der Waals surface area contributed by atoms with Crippen LogP contribution in [-0.4, -0.2) is 27.5 Å². The van der Waals surface area contributed by atoms with E-state index in [0.717, 1.165) is 29.7 Å². The van der Waals surface area contributed by atoms with Crippen LogP contribution in [0.3, 0.4) is 0 Å². The first-order chi connectivity index (χ1) is 7.75. The molecule has 1 aliphatic carbocycles. The molecule has 0 N–H and O–H groups in total. The molecule has 2 nitrogen and oxygen atoms in total. The van der Waals surface area contributed by atoms with Crippen LogP contribution in [0.4, 0.5) is 0 Å². The molecule has 1 unspecified atom stereocenters. The fourth-order valence-electron chi connectivity index (χ4n) is 2.88. The fraction of sp³-hybridized carbons (Fsp3) is 0.769. The molecule has 1 rings (SSSR count). The molecule has 5 heteroatoms. The van der Waals surface area contributed by atoms with Gasteiger partial charge in [-0.15, -0.1) is 0 Å². The Morgan fingerprint density at radius 2 is 2.00 bits per heavy atom. The van der Waals surface area contributed by atoms with Crippen LogP contribution in [0.2, 0.25) is 0 Å². The Morgan fingerprint density at radius 1 is 1.44 bits per heavy atom. The molecule has 0 bridgehead atoms. The zero-order valence-electron chi connectivity index (χ0n) is 12.0. The Balaban J connectivity index is 0.00000289. The van der Waals surface area contributed by atoms with Gasteiger partial charge >= 0.3 is 17.4 Å². The van der Waals surface area contributed by atoms with Crippen LogP contribution in [-0.2, 0) is 19.1 Å². The van der Waals surface area contributed by atoms with E-state index < -0.39 is 16.0 Å². The van der Waals surface area contributed by atoms with Gasteiger partial charge in [0, 0.05) is 0 Å². The minimum absolute atomic E-state index is 0. The van der Waals surface area contributed by atoms with E-state index in [2.05, 4.69) is 20.8 Å². The molecular formula is C13H23AlO2S2. The van der Waals surface area contributed by atoms with Crippen LogP contribution in [0.1, 0.15) is 53.4 Å². The van der Waals surface area contributed by atoms with Crippen molar-refractivity contribution in [3.63, 3.8) is 0 Å². The average molecular weight is 302 g/mol. The molecule has 0 saturated heterocycles. The molecule has 1 atom stereocenters. The van der Waals surface area contributed by atoms with Gasteiger partial charge in [-0.2, -0.15) is 0 Å². The van der Waals surface area contributed by atoms with Gasteiger partial charge in [-0.05, 0) is 55.1 Å². The zero-order valence-corrected chi connectivity index (χ0v) is 15.7. The van der Waals surface area contributed by atoms with Gasteiger partial charge in [-0.1, -0.05) is 47.9 Å². The van der Waals surface area contributed by atoms with Crippen LogP contribution in [0, 0.1) is 5.41 Å². The number of hydrogen-bond donors (Lipinski definition) is 0. The SMILES string of the molecule is CC(=S)CC(C1=C(C)CCCC1(C)C)[S-](=O)=O.[AlH2+]. The third-order valence-electron chi connectivity index (χ3n) is 3.57. The number of rotatable bonds is 4. The second-order valence-electron chi connectivity index (χ2n) is 5.59. The van der Waals surface area contributed by atoms with E-state index in [1.165, 1.54) is 5.57 Å². The topological polar surface area (TPSA) is 34.1 Å². The second-order valence-corrected chi connectivity index (χ2v) is 7.37. The molecule has 0 aromatic carbocycles. The van der Waals surface area contributed by atoms with Crippen molar-refractivity contribution in [3.05, 3.63) is 11.1 Å². The van der Waals surface area contributed by atoms with E-state index in [9.17, 15) is 8.42 Å². The van der Waals surface area contributed by atoms with Crippen LogP contribution < -0.4 is 0 Å². The maximum atomic E-state index is 11.5. The van der Waals surface area contributed by atoms with Crippen molar-refractivity contribution in [1.82, 2.24) is 0 Å². The molecule has 0 spiro atoms. The summed E-state index contributed by atoms with van der Waals surface area (Å²) >= 11 is 5.08.